The molecule has 2 aliphatic heterocycles. The highest BCUT2D eigenvalue weighted by atomic mass is 16.5. The summed E-state index contributed by atoms with van der Waals surface area (Å²) in [5, 5.41) is 8.07. The lowest BCUT2D eigenvalue weighted by atomic mass is 9.96. The Kier molecular flexibility index (Phi) is 5.35. The van der Waals surface area contributed by atoms with Crippen molar-refractivity contribution in [3.05, 3.63) is 41.6 Å². The number of carbonyl (C=O) groups excluding carboxylic acids is 1. The number of hydrogen-bond acceptors (Lipinski definition) is 6. The van der Waals surface area contributed by atoms with E-state index in [4.69, 9.17) is 9.15 Å². The summed E-state index contributed by atoms with van der Waals surface area (Å²) < 4.78 is 11.1. The number of hydrogen-bond donors (Lipinski definition) is 0. The maximum absolute atomic E-state index is 13.1. The van der Waals surface area contributed by atoms with Gasteiger partial charge >= 0.3 is 0 Å². The van der Waals surface area contributed by atoms with Crippen LogP contribution in [0.25, 0.3) is 0 Å². The summed E-state index contributed by atoms with van der Waals surface area (Å²) in [5.41, 5.74) is 2.63. The molecule has 1 amide bonds. The van der Waals surface area contributed by atoms with Gasteiger partial charge in [-0.3, -0.25) is 4.79 Å². The van der Waals surface area contributed by atoms with E-state index in [0.717, 1.165) is 12.8 Å². The van der Waals surface area contributed by atoms with Crippen molar-refractivity contribution in [2.75, 3.05) is 25.1 Å². The average Bonchev–Trinajstić information content (AvgIpc) is 3.33. The molecule has 7 heteroatoms. The zero-order valence-corrected chi connectivity index (χ0v) is 16.8. The van der Waals surface area contributed by atoms with E-state index in [9.17, 15) is 4.79 Å². The first-order valence-corrected chi connectivity index (χ1v) is 10.0. The molecule has 1 unspecified atom stereocenters. The van der Waals surface area contributed by atoms with Crippen LogP contribution < -0.4 is 4.90 Å². The standard InChI is InChI=1S/C21H28N4O3/c1-14-8-9-16-6-4-5-7-18(16)24(14)11-10-20(26)25-13-17(27-3)12-19(25)21-23-22-15(2)28-21/h4-7,14,17,19H,8-13H2,1-3H3/t14?,17-,19-/m1/s1. The number of rotatable bonds is 5. The lowest BCUT2D eigenvalue weighted by molar-refractivity contribution is -0.132. The van der Waals surface area contributed by atoms with Crippen molar-refractivity contribution in [2.24, 2.45) is 0 Å². The first-order chi connectivity index (χ1) is 13.6. The zero-order chi connectivity index (χ0) is 19.7. The first-order valence-electron chi connectivity index (χ1n) is 10.0. The number of aromatic nitrogens is 2. The summed E-state index contributed by atoms with van der Waals surface area (Å²) in [6.07, 6.45) is 3.36. The predicted molar refractivity (Wildman–Crippen MR) is 105 cm³/mol. The van der Waals surface area contributed by atoms with Gasteiger partial charge in [-0.25, -0.2) is 0 Å². The molecular weight excluding hydrogens is 356 g/mol. The molecule has 0 spiro atoms. The Morgan fingerprint density at radius 2 is 2.14 bits per heavy atom. The van der Waals surface area contributed by atoms with Crippen LogP contribution in [0.1, 0.15) is 49.6 Å². The maximum Gasteiger partial charge on any atom is 0.239 e. The minimum atomic E-state index is -0.204. The van der Waals surface area contributed by atoms with E-state index in [1.807, 2.05) is 4.90 Å². The molecule has 4 rings (SSSR count). The number of aryl methyl sites for hydroxylation is 2. The lowest BCUT2D eigenvalue weighted by Crippen LogP contribution is -2.41. The summed E-state index contributed by atoms with van der Waals surface area (Å²) >= 11 is 0. The van der Waals surface area contributed by atoms with E-state index >= 15 is 0 Å². The molecule has 0 saturated carbocycles. The van der Waals surface area contributed by atoms with Crippen molar-refractivity contribution in [2.45, 2.75) is 57.7 Å². The molecule has 1 aromatic carbocycles. The van der Waals surface area contributed by atoms with E-state index in [1.54, 1.807) is 14.0 Å². The number of amides is 1. The van der Waals surface area contributed by atoms with Gasteiger partial charge in [0.25, 0.3) is 0 Å². The van der Waals surface area contributed by atoms with Gasteiger partial charge in [-0.15, -0.1) is 10.2 Å². The molecule has 0 N–H and O–H groups in total. The Morgan fingerprint density at radius 1 is 1.32 bits per heavy atom. The number of nitrogens with zero attached hydrogens (tertiary/aromatic N) is 4. The van der Waals surface area contributed by atoms with Gasteiger partial charge in [0.15, 0.2) is 0 Å². The number of carbonyl (C=O) groups is 1. The third-order valence-electron chi connectivity index (χ3n) is 5.97. The Labute approximate surface area is 165 Å². The molecule has 0 aliphatic carbocycles. The summed E-state index contributed by atoms with van der Waals surface area (Å²) in [6, 6.07) is 8.74. The van der Waals surface area contributed by atoms with Gasteiger partial charge in [0.1, 0.15) is 6.04 Å². The molecule has 3 atom stereocenters. The number of benzene rings is 1. The molecule has 0 radical (unpaired) electrons. The van der Waals surface area contributed by atoms with Gasteiger partial charge in [-0.1, -0.05) is 18.2 Å². The first kappa shape index (κ1) is 18.9. The maximum atomic E-state index is 13.1. The van der Waals surface area contributed by atoms with Crippen LogP contribution in [0.15, 0.2) is 28.7 Å². The largest absolute Gasteiger partial charge is 0.423 e. The van der Waals surface area contributed by atoms with Crippen molar-refractivity contribution in [1.82, 2.24) is 15.1 Å². The van der Waals surface area contributed by atoms with Gasteiger partial charge in [0, 0.05) is 51.7 Å². The third kappa shape index (κ3) is 3.63. The van der Waals surface area contributed by atoms with Gasteiger partial charge in [0.05, 0.1) is 6.10 Å². The second-order valence-corrected chi connectivity index (χ2v) is 7.77. The smallest absolute Gasteiger partial charge is 0.239 e. The average molecular weight is 384 g/mol. The van der Waals surface area contributed by atoms with Crippen LogP contribution in [-0.2, 0) is 16.0 Å². The van der Waals surface area contributed by atoms with Crippen LogP contribution in [0, 0.1) is 6.92 Å². The molecule has 3 heterocycles. The highest BCUT2D eigenvalue weighted by Gasteiger charge is 2.39. The SMILES string of the molecule is CO[C@@H]1C[C@H](c2nnc(C)o2)N(C(=O)CCN2c3ccccc3CCC2C)C1. The van der Waals surface area contributed by atoms with Crippen molar-refractivity contribution >= 4 is 11.6 Å². The van der Waals surface area contributed by atoms with Gasteiger partial charge in [-0.2, -0.15) is 0 Å². The highest BCUT2D eigenvalue weighted by molar-refractivity contribution is 5.78. The second kappa shape index (κ2) is 7.91. The molecule has 150 valence electrons. The Hall–Kier alpha value is -2.41. The van der Waals surface area contributed by atoms with E-state index in [-0.39, 0.29) is 18.1 Å². The summed E-state index contributed by atoms with van der Waals surface area (Å²) in [6.45, 7) is 5.27. The number of anilines is 1. The second-order valence-electron chi connectivity index (χ2n) is 7.77. The molecule has 1 fully saturated rings. The normalized spacial score (nSPS) is 24.5. The molecular formula is C21H28N4O3. The summed E-state index contributed by atoms with van der Waals surface area (Å²) in [7, 11) is 1.68. The molecule has 2 aliphatic rings. The van der Waals surface area contributed by atoms with E-state index < -0.39 is 0 Å². The Bertz CT molecular complexity index is 837. The third-order valence-corrected chi connectivity index (χ3v) is 5.97. The monoisotopic (exact) mass is 384 g/mol. The van der Waals surface area contributed by atoms with Crippen molar-refractivity contribution in [3.8, 4) is 0 Å². The Balaban J connectivity index is 1.47. The molecule has 2 aromatic rings. The van der Waals surface area contributed by atoms with Crippen molar-refractivity contribution in [3.63, 3.8) is 0 Å². The predicted octanol–water partition coefficient (Wildman–Crippen LogP) is 2.90. The lowest BCUT2D eigenvalue weighted by Gasteiger charge is -2.37. The number of methoxy groups -OCH3 is 1. The fraction of sp³-hybridized carbons (Fsp3) is 0.571. The molecule has 7 nitrogen and oxygen atoms in total. The quantitative estimate of drug-likeness (QED) is 0.789. The number of likely N-dealkylation sites (tertiary alicyclic amines) is 1. The Morgan fingerprint density at radius 3 is 2.89 bits per heavy atom. The van der Waals surface area contributed by atoms with Gasteiger partial charge in [-0.05, 0) is 31.4 Å². The fourth-order valence-corrected chi connectivity index (χ4v) is 4.39. The van der Waals surface area contributed by atoms with Crippen LogP contribution in [0.4, 0.5) is 5.69 Å². The van der Waals surface area contributed by atoms with E-state index in [1.165, 1.54) is 11.3 Å². The highest BCUT2D eigenvalue weighted by Crippen LogP contribution is 2.34. The van der Waals surface area contributed by atoms with Gasteiger partial charge in [0.2, 0.25) is 17.7 Å². The fourth-order valence-electron chi connectivity index (χ4n) is 4.39. The zero-order valence-electron chi connectivity index (χ0n) is 16.8. The topological polar surface area (TPSA) is 71.7 Å². The van der Waals surface area contributed by atoms with Crippen molar-refractivity contribution in [1.29, 1.82) is 0 Å². The molecule has 1 aromatic heterocycles. The van der Waals surface area contributed by atoms with Crippen LogP contribution in [0.3, 0.4) is 0 Å². The molecule has 0 bridgehead atoms. The van der Waals surface area contributed by atoms with E-state index in [2.05, 4.69) is 46.3 Å². The minimum Gasteiger partial charge on any atom is -0.423 e. The van der Waals surface area contributed by atoms with Crippen LogP contribution in [0.2, 0.25) is 0 Å². The summed E-state index contributed by atoms with van der Waals surface area (Å²) in [4.78, 5) is 17.3. The van der Waals surface area contributed by atoms with Crippen molar-refractivity contribution < 1.29 is 13.9 Å². The van der Waals surface area contributed by atoms with Gasteiger partial charge < -0.3 is 19.0 Å². The van der Waals surface area contributed by atoms with Crippen LogP contribution in [0.5, 0.6) is 0 Å². The molecule has 28 heavy (non-hydrogen) atoms. The number of fused-ring (bicyclic) bond motifs is 1. The number of ether oxygens (including phenoxy) is 1. The van der Waals surface area contributed by atoms with E-state index in [0.29, 0.717) is 43.8 Å². The minimum absolute atomic E-state index is 0.00390. The van der Waals surface area contributed by atoms with Crippen LogP contribution >= 0.6 is 0 Å². The number of para-hydroxylation sites is 1. The van der Waals surface area contributed by atoms with Crippen LogP contribution in [-0.4, -0.2) is 53.3 Å². The summed E-state index contributed by atoms with van der Waals surface area (Å²) in [5.74, 6) is 1.12. The molecule has 1 saturated heterocycles.